The molecule has 0 spiro atoms. The highest BCUT2D eigenvalue weighted by Crippen LogP contribution is 2.31. The summed E-state index contributed by atoms with van der Waals surface area (Å²) in [4.78, 5) is 15.6. The maximum atomic E-state index is 11.1. The molecule has 6 nitrogen and oxygen atoms in total. The summed E-state index contributed by atoms with van der Waals surface area (Å²) in [6.45, 7) is 4.98. The predicted octanol–water partition coefficient (Wildman–Crippen LogP) is 3.10. The van der Waals surface area contributed by atoms with Crippen molar-refractivity contribution in [1.29, 1.82) is 5.26 Å². The topological polar surface area (TPSA) is 92.4 Å². The molecule has 2 rings (SSSR count). The van der Waals surface area contributed by atoms with Crippen LogP contribution >= 0.6 is 11.3 Å². The van der Waals surface area contributed by atoms with Crippen LogP contribution in [0, 0.1) is 18.3 Å². The van der Waals surface area contributed by atoms with Crippen LogP contribution in [0.4, 0.5) is 0 Å². The summed E-state index contributed by atoms with van der Waals surface area (Å²) >= 11 is 1.09. The van der Waals surface area contributed by atoms with Crippen molar-refractivity contribution in [3.05, 3.63) is 34.3 Å². The first-order valence-electron chi connectivity index (χ1n) is 7.02. The van der Waals surface area contributed by atoms with Crippen LogP contribution in [-0.4, -0.2) is 35.9 Å². The molecule has 0 atom stereocenters. The second kappa shape index (κ2) is 7.72. The molecule has 7 heteroatoms. The zero-order chi connectivity index (χ0) is 16.8. The summed E-state index contributed by atoms with van der Waals surface area (Å²) < 4.78 is 10.7. The van der Waals surface area contributed by atoms with Gasteiger partial charge in [0.2, 0.25) is 0 Å². The molecule has 1 N–H and O–H groups in total. The fraction of sp³-hybridized carbons (Fsp3) is 0.312. The van der Waals surface area contributed by atoms with Gasteiger partial charge in [0.1, 0.15) is 28.3 Å². The average Bonchev–Trinajstić information content (AvgIpc) is 2.93. The summed E-state index contributed by atoms with van der Waals surface area (Å²) in [5, 5.41) is 18.9. The van der Waals surface area contributed by atoms with E-state index in [2.05, 4.69) is 11.1 Å². The van der Waals surface area contributed by atoms with Crippen molar-refractivity contribution in [2.45, 2.75) is 13.8 Å². The highest BCUT2D eigenvalue weighted by atomic mass is 32.1. The van der Waals surface area contributed by atoms with E-state index in [1.807, 2.05) is 6.92 Å². The van der Waals surface area contributed by atoms with Crippen molar-refractivity contribution < 1.29 is 19.4 Å². The number of thiazole rings is 1. The van der Waals surface area contributed by atoms with Crippen LogP contribution in [0.15, 0.2) is 18.2 Å². The Morgan fingerprint density at radius 1 is 1.43 bits per heavy atom. The van der Waals surface area contributed by atoms with Crippen LogP contribution in [0.3, 0.4) is 0 Å². The smallest absolute Gasteiger partial charge is 0.347 e. The van der Waals surface area contributed by atoms with Gasteiger partial charge in [0.15, 0.2) is 0 Å². The molecule has 1 aromatic carbocycles. The van der Waals surface area contributed by atoms with Gasteiger partial charge in [0, 0.05) is 12.2 Å². The molecule has 0 saturated carbocycles. The molecule has 120 valence electrons. The zero-order valence-electron chi connectivity index (χ0n) is 12.8. The summed E-state index contributed by atoms with van der Waals surface area (Å²) in [6, 6.07) is 7.19. The van der Waals surface area contributed by atoms with Crippen LogP contribution < -0.4 is 4.74 Å². The fourth-order valence-corrected chi connectivity index (χ4v) is 2.85. The standard InChI is InChI=1S/C16H16N2O4S/c1-3-21-6-7-22-13-5-4-11(8-12(13)9-17)15-18-10(2)14(23-15)16(19)20/h4-5,8H,3,6-7H2,1-2H3,(H,19,20). The maximum Gasteiger partial charge on any atom is 0.347 e. The van der Waals surface area contributed by atoms with Crippen LogP contribution in [0.1, 0.15) is 27.9 Å². The first kappa shape index (κ1) is 16.9. The van der Waals surface area contributed by atoms with E-state index in [0.717, 1.165) is 11.3 Å². The normalized spacial score (nSPS) is 10.3. The van der Waals surface area contributed by atoms with Gasteiger partial charge in [-0.05, 0) is 32.0 Å². The first-order valence-corrected chi connectivity index (χ1v) is 7.84. The van der Waals surface area contributed by atoms with Gasteiger partial charge in [-0.2, -0.15) is 5.26 Å². The molecule has 2 aromatic rings. The van der Waals surface area contributed by atoms with E-state index < -0.39 is 5.97 Å². The number of benzene rings is 1. The van der Waals surface area contributed by atoms with Gasteiger partial charge < -0.3 is 14.6 Å². The first-order chi connectivity index (χ1) is 11.1. The molecule has 0 unspecified atom stereocenters. The number of carboxylic acid groups (broad SMARTS) is 1. The van der Waals surface area contributed by atoms with E-state index in [-0.39, 0.29) is 4.88 Å². The molecule has 0 radical (unpaired) electrons. The number of rotatable bonds is 7. The SMILES string of the molecule is CCOCCOc1ccc(-c2nc(C)c(C(=O)O)s2)cc1C#N. The molecule has 0 aliphatic rings. The van der Waals surface area contributed by atoms with Crippen LogP contribution in [0.2, 0.25) is 0 Å². The number of aromatic nitrogens is 1. The molecule has 0 amide bonds. The summed E-state index contributed by atoms with van der Waals surface area (Å²) in [5.41, 5.74) is 1.54. The van der Waals surface area contributed by atoms with Gasteiger partial charge in [0.25, 0.3) is 0 Å². The molecule has 0 bridgehead atoms. The van der Waals surface area contributed by atoms with E-state index in [0.29, 0.717) is 47.4 Å². The second-order valence-electron chi connectivity index (χ2n) is 4.61. The fourth-order valence-electron chi connectivity index (χ4n) is 1.95. The molecular weight excluding hydrogens is 316 g/mol. The molecular formula is C16H16N2O4S. The van der Waals surface area contributed by atoms with Gasteiger partial charge in [-0.15, -0.1) is 11.3 Å². The molecule has 1 heterocycles. The zero-order valence-corrected chi connectivity index (χ0v) is 13.6. The lowest BCUT2D eigenvalue weighted by Crippen LogP contribution is -2.07. The van der Waals surface area contributed by atoms with E-state index in [1.165, 1.54) is 0 Å². The van der Waals surface area contributed by atoms with Crippen molar-refractivity contribution in [2.75, 3.05) is 19.8 Å². The van der Waals surface area contributed by atoms with Gasteiger partial charge in [-0.1, -0.05) is 0 Å². The molecule has 0 saturated heterocycles. The van der Waals surface area contributed by atoms with Crippen LogP contribution in [0.5, 0.6) is 5.75 Å². The maximum absolute atomic E-state index is 11.1. The summed E-state index contributed by atoms with van der Waals surface area (Å²) in [5.74, 6) is -0.523. The van der Waals surface area contributed by atoms with Crippen molar-refractivity contribution in [1.82, 2.24) is 4.98 Å². The number of carbonyl (C=O) groups is 1. The highest BCUT2D eigenvalue weighted by Gasteiger charge is 2.16. The Morgan fingerprint density at radius 3 is 2.83 bits per heavy atom. The quantitative estimate of drug-likeness (QED) is 0.783. The largest absolute Gasteiger partial charge is 0.490 e. The Hall–Kier alpha value is -2.43. The molecule has 0 aliphatic carbocycles. The lowest BCUT2D eigenvalue weighted by molar-refractivity contribution is 0.0701. The third-order valence-corrected chi connectivity index (χ3v) is 4.22. The monoisotopic (exact) mass is 332 g/mol. The Morgan fingerprint density at radius 2 is 2.22 bits per heavy atom. The number of hydrogen-bond donors (Lipinski definition) is 1. The molecule has 23 heavy (non-hydrogen) atoms. The van der Waals surface area contributed by atoms with E-state index in [1.54, 1.807) is 25.1 Å². The number of carboxylic acids is 1. The average molecular weight is 332 g/mol. The number of nitrogens with zero attached hydrogens (tertiary/aromatic N) is 2. The van der Waals surface area contributed by atoms with Gasteiger partial charge in [-0.25, -0.2) is 9.78 Å². The third kappa shape index (κ3) is 4.06. The Bertz CT molecular complexity index is 749. The summed E-state index contributed by atoms with van der Waals surface area (Å²) in [6.07, 6.45) is 0. The Labute approximate surface area is 137 Å². The minimum absolute atomic E-state index is 0.204. The van der Waals surface area contributed by atoms with E-state index >= 15 is 0 Å². The Balaban J connectivity index is 2.23. The number of aryl methyl sites for hydroxylation is 1. The lowest BCUT2D eigenvalue weighted by Gasteiger charge is -2.08. The third-order valence-electron chi connectivity index (χ3n) is 3.03. The lowest BCUT2D eigenvalue weighted by atomic mass is 10.1. The van der Waals surface area contributed by atoms with Crippen LogP contribution in [0.25, 0.3) is 10.6 Å². The van der Waals surface area contributed by atoms with Gasteiger partial charge >= 0.3 is 5.97 Å². The van der Waals surface area contributed by atoms with Crippen molar-refractivity contribution >= 4 is 17.3 Å². The predicted molar refractivity (Wildman–Crippen MR) is 85.9 cm³/mol. The van der Waals surface area contributed by atoms with Gasteiger partial charge in [-0.3, -0.25) is 0 Å². The number of aromatic carboxylic acids is 1. The molecule has 0 aliphatic heterocycles. The van der Waals surface area contributed by atoms with Gasteiger partial charge in [0.05, 0.1) is 17.9 Å². The molecule has 0 fully saturated rings. The van der Waals surface area contributed by atoms with Crippen molar-refractivity contribution in [3.8, 4) is 22.4 Å². The van der Waals surface area contributed by atoms with Crippen LogP contribution in [-0.2, 0) is 4.74 Å². The highest BCUT2D eigenvalue weighted by molar-refractivity contribution is 7.17. The number of hydrogen-bond acceptors (Lipinski definition) is 6. The second-order valence-corrected chi connectivity index (χ2v) is 5.61. The van der Waals surface area contributed by atoms with E-state index in [4.69, 9.17) is 14.6 Å². The number of nitriles is 1. The number of ether oxygens (including phenoxy) is 2. The summed E-state index contributed by atoms with van der Waals surface area (Å²) in [7, 11) is 0. The Kier molecular flexibility index (Phi) is 5.68. The molecule has 1 aromatic heterocycles. The van der Waals surface area contributed by atoms with Crippen molar-refractivity contribution in [3.63, 3.8) is 0 Å². The minimum Gasteiger partial charge on any atom is -0.490 e. The van der Waals surface area contributed by atoms with E-state index in [9.17, 15) is 10.1 Å². The van der Waals surface area contributed by atoms with Crippen molar-refractivity contribution in [2.24, 2.45) is 0 Å². The minimum atomic E-state index is -0.998.